The molecule has 1 heterocycles. The highest BCUT2D eigenvalue weighted by Gasteiger charge is 2.53. The zero-order chi connectivity index (χ0) is 34.7. The van der Waals surface area contributed by atoms with Crippen LogP contribution in [0, 0.1) is 0 Å². The number of benzene rings is 9. The molecular formula is C51H31NO. The molecule has 0 N–H and O–H groups in total. The maximum atomic E-state index is 6.23. The van der Waals surface area contributed by atoms with E-state index in [0.29, 0.717) is 0 Å². The lowest BCUT2D eigenvalue weighted by Crippen LogP contribution is -2.26. The van der Waals surface area contributed by atoms with Gasteiger partial charge in [-0.25, -0.2) is 0 Å². The van der Waals surface area contributed by atoms with Crippen LogP contribution in [0.4, 0.5) is 17.1 Å². The second kappa shape index (κ2) is 10.6. The van der Waals surface area contributed by atoms with Gasteiger partial charge in [-0.05, 0) is 115 Å². The van der Waals surface area contributed by atoms with Crippen LogP contribution >= 0.6 is 0 Å². The van der Waals surface area contributed by atoms with Crippen LogP contribution in [0.25, 0.3) is 65.7 Å². The van der Waals surface area contributed by atoms with E-state index in [9.17, 15) is 0 Å². The number of para-hydroxylation sites is 2. The van der Waals surface area contributed by atoms with Gasteiger partial charge in [0.2, 0.25) is 0 Å². The largest absolute Gasteiger partial charge is 0.456 e. The number of hydrogen-bond donors (Lipinski definition) is 0. The molecule has 1 spiro atoms. The summed E-state index contributed by atoms with van der Waals surface area (Å²) in [5.74, 6) is 0. The minimum atomic E-state index is -0.452. The summed E-state index contributed by atoms with van der Waals surface area (Å²) in [6.07, 6.45) is 0. The molecule has 12 rings (SSSR count). The summed E-state index contributed by atoms with van der Waals surface area (Å²) in [4.78, 5) is 2.37. The van der Waals surface area contributed by atoms with Gasteiger partial charge in [0.05, 0.1) is 5.41 Å². The van der Waals surface area contributed by atoms with Crippen molar-refractivity contribution in [2.45, 2.75) is 5.41 Å². The van der Waals surface area contributed by atoms with Crippen LogP contribution in [-0.2, 0) is 5.41 Å². The molecule has 2 heteroatoms. The van der Waals surface area contributed by atoms with E-state index in [2.05, 4.69) is 181 Å². The minimum Gasteiger partial charge on any atom is -0.456 e. The first-order valence-corrected chi connectivity index (χ1v) is 18.3. The molecule has 2 aliphatic carbocycles. The average molecular weight is 674 g/mol. The van der Waals surface area contributed by atoms with E-state index in [4.69, 9.17) is 4.42 Å². The van der Waals surface area contributed by atoms with Crippen molar-refractivity contribution in [2.24, 2.45) is 0 Å². The monoisotopic (exact) mass is 673 g/mol. The lowest BCUT2D eigenvalue weighted by Gasteiger charge is -2.32. The van der Waals surface area contributed by atoms with E-state index >= 15 is 0 Å². The summed E-state index contributed by atoms with van der Waals surface area (Å²) in [7, 11) is 0. The second-order valence-corrected chi connectivity index (χ2v) is 14.4. The van der Waals surface area contributed by atoms with Gasteiger partial charge in [-0.2, -0.15) is 0 Å². The Balaban J connectivity index is 1.14. The molecule has 9 aromatic carbocycles. The average Bonchev–Trinajstić information content (AvgIpc) is 3.85. The molecule has 2 nitrogen and oxygen atoms in total. The van der Waals surface area contributed by atoms with Crippen molar-refractivity contribution in [1.29, 1.82) is 0 Å². The molecule has 10 aromatic rings. The van der Waals surface area contributed by atoms with Crippen molar-refractivity contribution in [3.8, 4) is 22.3 Å². The molecule has 0 unspecified atom stereocenters. The molecule has 0 saturated carbocycles. The Bertz CT molecular complexity index is 3090. The summed E-state index contributed by atoms with van der Waals surface area (Å²) in [5.41, 5.74) is 15.4. The van der Waals surface area contributed by atoms with E-state index in [1.807, 2.05) is 12.1 Å². The van der Waals surface area contributed by atoms with Gasteiger partial charge in [0.25, 0.3) is 0 Å². The Morgan fingerprint density at radius 2 is 0.906 bits per heavy atom. The Hall–Kier alpha value is -6.90. The van der Waals surface area contributed by atoms with Gasteiger partial charge in [0, 0.05) is 27.8 Å². The fraction of sp³-hybridized carbons (Fsp3) is 0.0196. The molecule has 0 aliphatic heterocycles. The van der Waals surface area contributed by atoms with Crippen molar-refractivity contribution < 1.29 is 4.42 Å². The second-order valence-electron chi connectivity index (χ2n) is 14.4. The third-order valence-electron chi connectivity index (χ3n) is 11.8. The molecule has 0 saturated heterocycles. The van der Waals surface area contributed by atoms with E-state index in [1.165, 1.54) is 66.1 Å². The summed E-state index contributed by atoms with van der Waals surface area (Å²) < 4.78 is 6.23. The number of rotatable bonds is 3. The Morgan fingerprint density at radius 3 is 1.68 bits per heavy atom. The first kappa shape index (κ1) is 28.8. The van der Waals surface area contributed by atoms with Crippen LogP contribution in [0.15, 0.2) is 192 Å². The van der Waals surface area contributed by atoms with Crippen LogP contribution in [0.1, 0.15) is 22.3 Å². The normalized spacial score (nSPS) is 13.4. The highest BCUT2D eigenvalue weighted by atomic mass is 16.3. The Kier molecular flexibility index (Phi) is 5.73. The summed E-state index contributed by atoms with van der Waals surface area (Å²) in [5, 5.41) is 7.32. The van der Waals surface area contributed by atoms with Crippen molar-refractivity contribution in [2.75, 3.05) is 4.90 Å². The molecule has 0 amide bonds. The van der Waals surface area contributed by atoms with E-state index in [-0.39, 0.29) is 0 Å². The van der Waals surface area contributed by atoms with Crippen LogP contribution in [0.2, 0.25) is 0 Å². The van der Waals surface area contributed by atoms with Gasteiger partial charge < -0.3 is 9.32 Å². The quantitative estimate of drug-likeness (QED) is 0.186. The Morgan fingerprint density at radius 1 is 0.340 bits per heavy atom. The fourth-order valence-corrected chi connectivity index (χ4v) is 9.76. The van der Waals surface area contributed by atoms with Gasteiger partial charge in [-0.3, -0.25) is 0 Å². The highest BCUT2D eigenvalue weighted by Crippen LogP contribution is 2.65. The van der Waals surface area contributed by atoms with Crippen molar-refractivity contribution in [3.63, 3.8) is 0 Å². The van der Waals surface area contributed by atoms with Crippen LogP contribution in [0.5, 0.6) is 0 Å². The lowest BCUT2D eigenvalue weighted by atomic mass is 9.68. The maximum Gasteiger partial charge on any atom is 0.135 e. The molecule has 1 aromatic heterocycles. The van der Waals surface area contributed by atoms with Crippen LogP contribution < -0.4 is 4.90 Å². The first-order chi connectivity index (χ1) is 26.3. The van der Waals surface area contributed by atoms with Gasteiger partial charge in [0.15, 0.2) is 0 Å². The highest BCUT2D eigenvalue weighted by molar-refractivity contribution is 6.10. The van der Waals surface area contributed by atoms with Gasteiger partial charge in [-0.1, -0.05) is 140 Å². The molecule has 0 bridgehead atoms. The molecule has 2 aliphatic rings. The van der Waals surface area contributed by atoms with Crippen molar-refractivity contribution in [1.82, 2.24) is 0 Å². The smallest absolute Gasteiger partial charge is 0.135 e. The standard InChI is InChI=1S/C51H31NO/c1-2-13-34(14-3-1)52(36-25-29-48-44(31-36)41-18-8-11-21-47(41)53-48)35-24-28-38-33(30-35)23-27-43-42-26-22-32-12-4-5-15-37(32)49(42)51(50(38)43)45-19-9-6-16-39(45)40-17-7-10-20-46(40)51/h1-31H. The molecule has 0 atom stereocenters. The van der Waals surface area contributed by atoms with Gasteiger partial charge in [-0.15, -0.1) is 0 Å². The SMILES string of the molecule is c1ccc(N(c2ccc3c4c(ccc3c2)-c2ccc3ccccc3c2C42c3ccccc3-c3ccccc32)c2ccc3oc4ccccc4c3c2)cc1. The van der Waals surface area contributed by atoms with Gasteiger partial charge in [0.1, 0.15) is 11.2 Å². The van der Waals surface area contributed by atoms with Crippen molar-refractivity contribution in [3.05, 3.63) is 210 Å². The molecule has 246 valence electrons. The van der Waals surface area contributed by atoms with Crippen molar-refractivity contribution >= 4 is 60.5 Å². The predicted molar refractivity (Wildman–Crippen MR) is 220 cm³/mol. The lowest BCUT2D eigenvalue weighted by molar-refractivity contribution is 0.669. The number of anilines is 3. The van der Waals surface area contributed by atoms with E-state index < -0.39 is 5.41 Å². The third kappa shape index (κ3) is 3.77. The first-order valence-electron chi connectivity index (χ1n) is 18.3. The zero-order valence-electron chi connectivity index (χ0n) is 28.8. The minimum absolute atomic E-state index is 0.452. The summed E-state index contributed by atoms with van der Waals surface area (Å²) in [6.45, 7) is 0. The van der Waals surface area contributed by atoms with E-state index in [0.717, 1.165) is 39.0 Å². The van der Waals surface area contributed by atoms with Crippen LogP contribution in [-0.4, -0.2) is 0 Å². The number of nitrogens with zero attached hydrogens (tertiary/aromatic N) is 1. The van der Waals surface area contributed by atoms with Gasteiger partial charge >= 0.3 is 0 Å². The molecule has 53 heavy (non-hydrogen) atoms. The predicted octanol–water partition coefficient (Wildman–Crippen LogP) is 13.7. The maximum absolute atomic E-state index is 6.23. The number of hydrogen-bond acceptors (Lipinski definition) is 2. The molecule has 0 radical (unpaired) electrons. The Labute approximate surface area is 306 Å². The molecule has 0 fully saturated rings. The molecular weight excluding hydrogens is 643 g/mol. The number of fused-ring (bicyclic) bond motifs is 17. The fourth-order valence-electron chi connectivity index (χ4n) is 9.76. The van der Waals surface area contributed by atoms with E-state index in [1.54, 1.807) is 0 Å². The third-order valence-corrected chi connectivity index (χ3v) is 11.8. The summed E-state index contributed by atoms with van der Waals surface area (Å²) >= 11 is 0. The topological polar surface area (TPSA) is 16.4 Å². The zero-order valence-corrected chi connectivity index (χ0v) is 28.8. The van der Waals surface area contributed by atoms with Crippen LogP contribution in [0.3, 0.4) is 0 Å². The summed E-state index contributed by atoms with van der Waals surface area (Å²) in [6, 6.07) is 69.1. The number of furan rings is 1.